The summed E-state index contributed by atoms with van der Waals surface area (Å²) in [5, 5.41) is 0.929. The molecule has 0 aliphatic heterocycles. The average Bonchev–Trinajstić information content (AvgIpc) is 2.23. The highest BCUT2D eigenvalue weighted by atomic mass is 35.5. The summed E-state index contributed by atoms with van der Waals surface area (Å²) in [5.41, 5.74) is 0. The fourth-order valence-electron chi connectivity index (χ4n) is 1.25. The van der Waals surface area contributed by atoms with Crippen LogP contribution in [0.4, 0.5) is 0 Å². The lowest BCUT2D eigenvalue weighted by Gasteiger charge is -2.08. The monoisotopic (exact) mass is 260 g/mol. The van der Waals surface area contributed by atoms with Gasteiger partial charge in [0, 0.05) is 6.42 Å². The van der Waals surface area contributed by atoms with Gasteiger partial charge in [-0.15, -0.1) is 0 Å². The Kier molecular flexibility index (Phi) is 5.64. The molecule has 1 aromatic rings. The molecular formula is C12H14Cl2O2. The molecule has 4 heteroatoms. The van der Waals surface area contributed by atoms with Crippen molar-refractivity contribution in [2.24, 2.45) is 0 Å². The van der Waals surface area contributed by atoms with Crippen molar-refractivity contribution < 1.29 is 9.53 Å². The third-order valence-corrected chi connectivity index (χ3v) is 2.90. The molecule has 0 N–H and O–H groups in total. The van der Waals surface area contributed by atoms with Crippen molar-refractivity contribution in [2.75, 3.05) is 6.61 Å². The number of rotatable bonds is 6. The third-order valence-electron chi connectivity index (χ3n) is 2.10. The van der Waals surface area contributed by atoms with Gasteiger partial charge in [0.1, 0.15) is 16.6 Å². The highest BCUT2D eigenvalue weighted by Gasteiger charge is 2.04. The Morgan fingerprint density at radius 1 is 1.31 bits per heavy atom. The lowest BCUT2D eigenvalue weighted by molar-refractivity contribution is -0.117. The molecule has 0 aliphatic rings. The summed E-state index contributed by atoms with van der Waals surface area (Å²) in [4.78, 5) is 10.7. The first-order valence-corrected chi connectivity index (χ1v) is 5.93. The number of hydrogen-bond acceptors (Lipinski definition) is 2. The van der Waals surface area contributed by atoms with Gasteiger partial charge >= 0.3 is 0 Å². The maximum atomic E-state index is 10.7. The number of carbonyl (C=O) groups excluding carboxylic acids is 1. The van der Waals surface area contributed by atoms with E-state index in [-0.39, 0.29) is 5.78 Å². The van der Waals surface area contributed by atoms with Crippen LogP contribution in [-0.2, 0) is 4.79 Å². The van der Waals surface area contributed by atoms with Crippen LogP contribution in [0.2, 0.25) is 10.0 Å². The third kappa shape index (κ3) is 4.42. The summed E-state index contributed by atoms with van der Waals surface area (Å²) in [5.74, 6) is 0.803. The van der Waals surface area contributed by atoms with Gasteiger partial charge in [-0.3, -0.25) is 0 Å². The summed E-state index contributed by atoms with van der Waals surface area (Å²) >= 11 is 11.8. The predicted octanol–water partition coefficient (Wildman–Crippen LogP) is 4.13. The van der Waals surface area contributed by atoms with Gasteiger partial charge in [0.15, 0.2) is 0 Å². The molecule has 0 atom stereocenters. The van der Waals surface area contributed by atoms with E-state index in [1.807, 2.05) is 0 Å². The Balaban J connectivity index is 2.32. The second-order valence-electron chi connectivity index (χ2n) is 3.56. The number of carbonyl (C=O) groups is 1. The first-order chi connectivity index (χ1) is 7.61. The lowest BCUT2D eigenvalue weighted by atomic mass is 10.2. The van der Waals surface area contributed by atoms with Crippen LogP contribution in [0, 0.1) is 0 Å². The zero-order chi connectivity index (χ0) is 12.0. The second-order valence-corrected chi connectivity index (χ2v) is 4.34. The summed E-state index contributed by atoms with van der Waals surface area (Å²) < 4.78 is 5.47. The molecule has 16 heavy (non-hydrogen) atoms. The van der Waals surface area contributed by atoms with Crippen LogP contribution in [0.25, 0.3) is 0 Å². The summed E-state index contributed by atoms with van der Waals surface area (Å²) in [6.07, 6.45) is 2.28. The van der Waals surface area contributed by atoms with Gasteiger partial charge < -0.3 is 9.53 Å². The normalized spacial score (nSPS) is 10.2. The summed E-state index contributed by atoms with van der Waals surface area (Å²) in [6, 6.07) is 5.28. The Hall–Kier alpha value is -0.730. The van der Waals surface area contributed by atoms with Gasteiger partial charge in [-0.2, -0.15) is 0 Å². The predicted molar refractivity (Wildman–Crippen MR) is 66.5 cm³/mol. The smallest absolute Gasteiger partial charge is 0.139 e. The minimum atomic E-state index is 0.209. The van der Waals surface area contributed by atoms with Crippen LogP contribution < -0.4 is 4.74 Å². The Labute approximate surface area is 106 Å². The molecule has 0 heterocycles. The number of halogens is 2. The van der Waals surface area contributed by atoms with E-state index >= 15 is 0 Å². The van der Waals surface area contributed by atoms with Crippen molar-refractivity contribution in [3.05, 3.63) is 28.2 Å². The molecule has 0 fully saturated rings. The van der Waals surface area contributed by atoms with Gasteiger partial charge in [-0.05, 0) is 31.9 Å². The lowest BCUT2D eigenvalue weighted by Crippen LogP contribution is -1.99. The second kappa shape index (κ2) is 6.77. The fourth-order valence-corrected chi connectivity index (χ4v) is 1.60. The van der Waals surface area contributed by atoms with E-state index in [0.29, 0.717) is 28.8 Å². The van der Waals surface area contributed by atoms with Crippen LogP contribution in [0.3, 0.4) is 0 Å². The van der Waals surface area contributed by atoms with Gasteiger partial charge in [0.25, 0.3) is 0 Å². The standard InChI is InChI=1S/C12H14Cl2O2/c1-9(15)5-2-3-8-16-11-7-4-6-10(13)12(11)14/h4,6-7H,2-3,5,8H2,1H3. The highest BCUT2D eigenvalue weighted by molar-refractivity contribution is 6.42. The first kappa shape index (κ1) is 13.3. The number of Topliss-reactive ketones (excluding diaryl/α,β-unsaturated/α-hetero) is 1. The van der Waals surface area contributed by atoms with E-state index in [2.05, 4.69) is 0 Å². The minimum absolute atomic E-state index is 0.209. The number of hydrogen-bond donors (Lipinski definition) is 0. The molecule has 1 aromatic carbocycles. The number of unbranched alkanes of at least 4 members (excludes halogenated alkanes) is 1. The number of ether oxygens (including phenoxy) is 1. The van der Waals surface area contributed by atoms with Crippen LogP contribution in [0.15, 0.2) is 18.2 Å². The van der Waals surface area contributed by atoms with Crippen LogP contribution in [0.5, 0.6) is 5.75 Å². The first-order valence-electron chi connectivity index (χ1n) is 5.17. The molecule has 0 amide bonds. The van der Waals surface area contributed by atoms with Crippen LogP contribution >= 0.6 is 23.2 Å². The van der Waals surface area contributed by atoms with E-state index in [9.17, 15) is 4.79 Å². The van der Waals surface area contributed by atoms with E-state index in [1.165, 1.54) is 0 Å². The molecule has 0 radical (unpaired) electrons. The molecule has 0 aromatic heterocycles. The molecule has 1 rings (SSSR count). The van der Waals surface area contributed by atoms with Crippen molar-refractivity contribution in [2.45, 2.75) is 26.2 Å². The van der Waals surface area contributed by atoms with E-state index in [1.54, 1.807) is 25.1 Å². The van der Waals surface area contributed by atoms with Crippen molar-refractivity contribution in [3.63, 3.8) is 0 Å². The molecule has 88 valence electrons. The van der Waals surface area contributed by atoms with Crippen molar-refractivity contribution in [1.29, 1.82) is 0 Å². The zero-order valence-corrected chi connectivity index (χ0v) is 10.6. The van der Waals surface area contributed by atoms with Crippen LogP contribution in [0.1, 0.15) is 26.2 Å². The van der Waals surface area contributed by atoms with Gasteiger partial charge in [0.05, 0.1) is 11.6 Å². The van der Waals surface area contributed by atoms with Crippen LogP contribution in [-0.4, -0.2) is 12.4 Å². The summed E-state index contributed by atoms with van der Waals surface area (Å²) in [7, 11) is 0. The maximum Gasteiger partial charge on any atom is 0.139 e. The van der Waals surface area contributed by atoms with Crippen molar-refractivity contribution in [1.82, 2.24) is 0 Å². The summed E-state index contributed by atoms with van der Waals surface area (Å²) in [6.45, 7) is 2.14. The van der Waals surface area contributed by atoms with Gasteiger partial charge in [-0.25, -0.2) is 0 Å². The maximum absolute atomic E-state index is 10.7. The Morgan fingerprint density at radius 3 is 2.75 bits per heavy atom. The van der Waals surface area contributed by atoms with E-state index in [0.717, 1.165) is 12.8 Å². The SMILES string of the molecule is CC(=O)CCCCOc1cccc(Cl)c1Cl. The minimum Gasteiger partial charge on any atom is -0.492 e. The molecule has 0 bridgehead atoms. The zero-order valence-electron chi connectivity index (χ0n) is 9.13. The fraction of sp³-hybridized carbons (Fsp3) is 0.417. The molecule has 0 spiro atoms. The molecule has 0 unspecified atom stereocenters. The Morgan fingerprint density at radius 2 is 2.06 bits per heavy atom. The molecule has 0 saturated carbocycles. The highest BCUT2D eigenvalue weighted by Crippen LogP contribution is 2.31. The number of benzene rings is 1. The van der Waals surface area contributed by atoms with Gasteiger partial charge in [0.2, 0.25) is 0 Å². The molecule has 2 nitrogen and oxygen atoms in total. The van der Waals surface area contributed by atoms with E-state index < -0.39 is 0 Å². The largest absolute Gasteiger partial charge is 0.492 e. The average molecular weight is 261 g/mol. The quantitative estimate of drug-likeness (QED) is 0.719. The Bertz CT molecular complexity index is 364. The molecule has 0 aliphatic carbocycles. The van der Waals surface area contributed by atoms with E-state index in [4.69, 9.17) is 27.9 Å². The topological polar surface area (TPSA) is 26.3 Å². The van der Waals surface area contributed by atoms with Crippen molar-refractivity contribution in [3.8, 4) is 5.75 Å². The number of ketones is 1. The molecular weight excluding hydrogens is 247 g/mol. The van der Waals surface area contributed by atoms with Gasteiger partial charge in [-0.1, -0.05) is 29.3 Å². The van der Waals surface area contributed by atoms with Crippen molar-refractivity contribution >= 4 is 29.0 Å². The molecule has 0 saturated heterocycles.